The third-order valence-corrected chi connectivity index (χ3v) is 3.06. The molecule has 0 radical (unpaired) electrons. The first-order valence-electron chi connectivity index (χ1n) is 7.05. The summed E-state index contributed by atoms with van der Waals surface area (Å²) in [6.45, 7) is 3.52. The van der Waals surface area contributed by atoms with Crippen LogP contribution in [-0.4, -0.2) is 37.0 Å². The molecule has 0 saturated heterocycles. The molecule has 2 rings (SSSR count). The molecule has 122 valence electrons. The minimum atomic E-state index is -1.01. The molecule has 1 aromatic carbocycles. The smallest absolute Gasteiger partial charge is 0.377 e. The van der Waals surface area contributed by atoms with Crippen molar-refractivity contribution in [3.8, 4) is 0 Å². The van der Waals surface area contributed by atoms with E-state index in [0.29, 0.717) is 17.9 Å². The molecule has 0 bridgehead atoms. The van der Waals surface area contributed by atoms with Gasteiger partial charge >= 0.3 is 5.97 Å². The van der Waals surface area contributed by atoms with E-state index < -0.39 is 18.0 Å². The van der Waals surface area contributed by atoms with Crippen LogP contribution in [0.5, 0.6) is 0 Å². The number of hydrogen-bond donors (Lipinski definition) is 1. The summed E-state index contributed by atoms with van der Waals surface area (Å²) in [4.78, 5) is 35.0. The van der Waals surface area contributed by atoms with Crippen molar-refractivity contribution in [2.24, 2.45) is 0 Å². The molecule has 0 aromatic heterocycles. The fourth-order valence-corrected chi connectivity index (χ4v) is 1.78. The van der Waals surface area contributed by atoms with E-state index in [0.717, 1.165) is 6.26 Å². The maximum absolute atomic E-state index is 12.0. The summed E-state index contributed by atoms with van der Waals surface area (Å²) in [7, 11) is 0. The number of carbonyl (C=O) groups is 3. The van der Waals surface area contributed by atoms with Crippen molar-refractivity contribution in [1.82, 2.24) is 0 Å². The van der Waals surface area contributed by atoms with Crippen LogP contribution >= 0.6 is 0 Å². The van der Waals surface area contributed by atoms with Crippen molar-refractivity contribution in [1.29, 1.82) is 0 Å². The van der Waals surface area contributed by atoms with Crippen molar-refractivity contribution >= 4 is 23.3 Å². The number of ether oxygens (including phenoxy) is 3. The van der Waals surface area contributed by atoms with Crippen molar-refractivity contribution in [2.75, 3.05) is 18.5 Å². The molecule has 1 amide bonds. The Balaban J connectivity index is 1.90. The molecule has 0 aliphatic carbocycles. The topological polar surface area (TPSA) is 90.9 Å². The second-order valence-electron chi connectivity index (χ2n) is 4.87. The fourth-order valence-electron chi connectivity index (χ4n) is 1.78. The van der Waals surface area contributed by atoms with Gasteiger partial charge in [-0.05, 0) is 38.1 Å². The van der Waals surface area contributed by atoms with E-state index >= 15 is 0 Å². The van der Waals surface area contributed by atoms with E-state index in [9.17, 15) is 14.4 Å². The lowest BCUT2D eigenvalue weighted by molar-refractivity contribution is -0.153. The van der Waals surface area contributed by atoms with E-state index in [-0.39, 0.29) is 18.1 Å². The second kappa shape index (κ2) is 7.44. The predicted molar refractivity (Wildman–Crippen MR) is 80.6 cm³/mol. The molecule has 0 fully saturated rings. The molecular formula is C16H17NO6. The Morgan fingerprint density at radius 2 is 1.87 bits per heavy atom. The SMILES string of the molecule is CC(=O)c1ccc(NC(=O)[C@@H](C)OC(=O)C2=COCCO2)cc1. The number of Topliss-reactive ketones (excluding diaryl/α,β-unsaturated/α-hetero) is 1. The standard InChI is InChI=1S/C16H17NO6/c1-10(18)12-3-5-13(6-4-12)17-15(19)11(2)23-16(20)14-9-21-7-8-22-14/h3-6,9,11H,7-8H2,1-2H3,(H,17,19)/t11-/m1/s1. The van der Waals surface area contributed by atoms with E-state index in [4.69, 9.17) is 14.2 Å². The van der Waals surface area contributed by atoms with Gasteiger partial charge in [-0.15, -0.1) is 0 Å². The third-order valence-electron chi connectivity index (χ3n) is 3.06. The Morgan fingerprint density at radius 3 is 2.43 bits per heavy atom. The number of amides is 1. The van der Waals surface area contributed by atoms with E-state index in [2.05, 4.69) is 5.32 Å². The Morgan fingerprint density at radius 1 is 1.17 bits per heavy atom. The maximum atomic E-state index is 12.0. The maximum Gasteiger partial charge on any atom is 0.377 e. The van der Waals surface area contributed by atoms with Crippen LogP contribution < -0.4 is 5.32 Å². The molecule has 0 unspecified atom stereocenters. The molecule has 1 N–H and O–H groups in total. The van der Waals surface area contributed by atoms with Crippen LogP contribution in [0, 0.1) is 0 Å². The lowest BCUT2D eigenvalue weighted by Gasteiger charge is -2.17. The van der Waals surface area contributed by atoms with Crippen LogP contribution in [0.3, 0.4) is 0 Å². The zero-order valence-electron chi connectivity index (χ0n) is 12.8. The van der Waals surface area contributed by atoms with Gasteiger partial charge in [0.2, 0.25) is 5.76 Å². The largest absolute Gasteiger partial charge is 0.493 e. The van der Waals surface area contributed by atoms with Gasteiger partial charge in [-0.1, -0.05) is 0 Å². The number of rotatable bonds is 5. The molecule has 1 aliphatic rings. The van der Waals surface area contributed by atoms with Crippen LogP contribution in [0.1, 0.15) is 24.2 Å². The zero-order valence-corrected chi connectivity index (χ0v) is 12.8. The molecule has 23 heavy (non-hydrogen) atoms. The fraction of sp³-hybridized carbons (Fsp3) is 0.312. The average molecular weight is 319 g/mol. The highest BCUT2D eigenvalue weighted by atomic mass is 16.6. The zero-order chi connectivity index (χ0) is 16.8. The van der Waals surface area contributed by atoms with Crippen LogP contribution in [-0.2, 0) is 23.8 Å². The normalized spacial score (nSPS) is 14.6. The van der Waals surface area contributed by atoms with Gasteiger partial charge in [0.25, 0.3) is 5.91 Å². The van der Waals surface area contributed by atoms with E-state index in [1.807, 2.05) is 0 Å². The van der Waals surface area contributed by atoms with E-state index in [1.54, 1.807) is 24.3 Å². The van der Waals surface area contributed by atoms with Gasteiger partial charge in [0.15, 0.2) is 11.9 Å². The summed E-state index contributed by atoms with van der Waals surface area (Å²) < 4.78 is 15.0. The summed E-state index contributed by atoms with van der Waals surface area (Å²) in [5.41, 5.74) is 1.04. The van der Waals surface area contributed by atoms with Gasteiger partial charge in [-0.3, -0.25) is 9.59 Å². The minimum Gasteiger partial charge on any atom is -0.493 e. The Labute approximate surface area is 133 Å². The van der Waals surface area contributed by atoms with Crippen LogP contribution in [0.4, 0.5) is 5.69 Å². The first kappa shape index (κ1) is 16.5. The average Bonchev–Trinajstić information content (AvgIpc) is 2.56. The van der Waals surface area contributed by atoms with Gasteiger partial charge < -0.3 is 19.5 Å². The van der Waals surface area contributed by atoms with Gasteiger partial charge in [-0.25, -0.2) is 4.79 Å². The number of carbonyl (C=O) groups excluding carboxylic acids is 3. The molecular weight excluding hydrogens is 302 g/mol. The molecule has 7 heteroatoms. The van der Waals surface area contributed by atoms with Crippen molar-refractivity contribution in [3.63, 3.8) is 0 Å². The van der Waals surface area contributed by atoms with Crippen molar-refractivity contribution in [3.05, 3.63) is 41.9 Å². The lowest BCUT2D eigenvalue weighted by atomic mass is 10.1. The first-order chi connectivity index (χ1) is 11.0. The summed E-state index contributed by atoms with van der Waals surface area (Å²) in [6.07, 6.45) is 0.151. The lowest BCUT2D eigenvalue weighted by Crippen LogP contribution is -2.31. The van der Waals surface area contributed by atoms with Crippen LogP contribution in [0.25, 0.3) is 0 Å². The highest BCUT2D eigenvalue weighted by Crippen LogP contribution is 2.12. The van der Waals surface area contributed by atoms with Gasteiger partial charge in [0.1, 0.15) is 19.5 Å². The summed E-state index contributed by atoms with van der Waals surface area (Å²) in [5.74, 6) is -1.39. The van der Waals surface area contributed by atoms with Crippen molar-refractivity contribution < 1.29 is 28.6 Å². The highest BCUT2D eigenvalue weighted by molar-refractivity contribution is 5.98. The molecule has 1 atom stereocenters. The van der Waals surface area contributed by atoms with Gasteiger partial charge in [-0.2, -0.15) is 0 Å². The summed E-state index contributed by atoms with van der Waals surface area (Å²) in [6, 6.07) is 6.41. The molecule has 1 aromatic rings. The number of ketones is 1. The molecule has 0 saturated carbocycles. The number of hydrogen-bond acceptors (Lipinski definition) is 6. The van der Waals surface area contributed by atoms with Crippen molar-refractivity contribution in [2.45, 2.75) is 20.0 Å². The molecule has 1 heterocycles. The number of nitrogens with one attached hydrogen (secondary N) is 1. The first-order valence-corrected chi connectivity index (χ1v) is 7.05. The van der Waals surface area contributed by atoms with Crippen LogP contribution in [0.15, 0.2) is 36.3 Å². The van der Waals surface area contributed by atoms with E-state index in [1.165, 1.54) is 13.8 Å². The Bertz CT molecular complexity index is 634. The quantitative estimate of drug-likeness (QED) is 0.655. The van der Waals surface area contributed by atoms with Gasteiger partial charge in [0, 0.05) is 11.3 Å². The summed E-state index contributed by atoms with van der Waals surface area (Å²) in [5, 5.41) is 2.60. The predicted octanol–water partition coefficient (Wildman–Crippen LogP) is 1.65. The second-order valence-corrected chi connectivity index (χ2v) is 4.87. The third kappa shape index (κ3) is 4.57. The summed E-state index contributed by atoms with van der Waals surface area (Å²) >= 11 is 0. The molecule has 1 aliphatic heterocycles. The Hall–Kier alpha value is -2.83. The number of benzene rings is 1. The molecule has 7 nitrogen and oxygen atoms in total. The van der Waals surface area contributed by atoms with Crippen LogP contribution in [0.2, 0.25) is 0 Å². The molecule has 0 spiro atoms. The minimum absolute atomic E-state index is 0.0619. The number of esters is 1. The highest BCUT2D eigenvalue weighted by Gasteiger charge is 2.23. The Kier molecular flexibility index (Phi) is 5.35. The number of anilines is 1. The van der Waals surface area contributed by atoms with Gasteiger partial charge in [0.05, 0.1) is 0 Å². The monoisotopic (exact) mass is 319 g/mol.